The summed E-state index contributed by atoms with van der Waals surface area (Å²) in [5.41, 5.74) is 3.82. The van der Waals surface area contributed by atoms with Crippen LogP contribution in [0.4, 0.5) is 0 Å². The van der Waals surface area contributed by atoms with Crippen LogP contribution in [0.5, 0.6) is 5.75 Å². The molecule has 172 valence electrons. The quantitative estimate of drug-likeness (QED) is 0.341. The number of ether oxygens (including phenoxy) is 1. The van der Waals surface area contributed by atoms with Gasteiger partial charge in [0.1, 0.15) is 12.4 Å². The smallest absolute Gasteiger partial charge is 0.329 e. The highest BCUT2D eigenvalue weighted by Crippen LogP contribution is 2.27. The van der Waals surface area contributed by atoms with Gasteiger partial charge >= 0.3 is 5.97 Å². The largest absolute Gasteiger partial charge is 0.489 e. The second-order valence-corrected chi connectivity index (χ2v) is 7.93. The lowest BCUT2D eigenvalue weighted by Gasteiger charge is -2.08. The molecule has 1 amide bonds. The molecular weight excluding hydrogens is 428 g/mol. The number of aromatic nitrogens is 1. The highest BCUT2D eigenvalue weighted by Gasteiger charge is 2.13. The van der Waals surface area contributed by atoms with Gasteiger partial charge in [0.15, 0.2) is 0 Å². The molecule has 6 heteroatoms. The summed E-state index contributed by atoms with van der Waals surface area (Å²) in [6.45, 7) is 0.979. The molecule has 0 saturated heterocycles. The SMILES string of the molecule is O=C(O)/C=C/n1cc(CC(=O)NCCc2ccccc2)c2cc(OCc3ccccc3)ccc21. The Kier molecular flexibility index (Phi) is 7.40. The topological polar surface area (TPSA) is 80.6 Å². The summed E-state index contributed by atoms with van der Waals surface area (Å²) >= 11 is 0. The summed E-state index contributed by atoms with van der Waals surface area (Å²) in [6, 6.07) is 25.5. The first-order valence-electron chi connectivity index (χ1n) is 11.1. The molecule has 34 heavy (non-hydrogen) atoms. The van der Waals surface area contributed by atoms with Crippen molar-refractivity contribution in [1.29, 1.82) is 0 Å². The minimum atomic E-state index is -1.04. The van der Waals surface area contributed by atoms with Gasteiger partial charge in [0.05, 0.1) is 11.9 Å². The first-order valence-corrected chi connectivity index (χ1v) is 11.1. The van der Waals surface area contributed by atoms with E-state index in [1.54, 1.807) is 10.8 Å². The number of fused-ring (bicyclic) bond motifs is 1. The summed E-state index contributed by atoms with van der Waals surface area (Å²) in [4.78, 5) is 23.7. The summed E-state index contributed by atoms with van der Waals surface area (Å²) in [6.07, 6.45) is 5.28. The van der Waals surface area contributed by atoms with Gasteiger partial charge < -0.3 is 19.7 Å². The van der Waals surface area contributed by atoms with E-state index in [0.717, 1.165) is 34.5 Å². The van der Waals surface area contributed by atoms with Crippen molar-refractivity contribution in [2.45, 2.75) is 19.4 Å². The minimum absolute atomic E-state index is 0.0900. The maximum absolute atomic E-state index is 12.7. The number of aliphatic carboxylic acids is 1. The second kappa shape index (κ2) is 11.0. The molecule has 0 saturated carbocycles. The molecule has 4 aromatic rings. The summed E-state index contributed by atoms with van der Waals surface area (Å²) in [5, 5.41) is 12.8. The predicted molar refractivity (Wildman–Crippen MR) is 133 cm³/mol. The van der Waals surface area contributed by atoms with Crippen LogP contribution >= 0.6 is 0 Å². The highest BCUT2D eigenvalue weighted by atomic mass is 16.5. The van der Waals surface area contributed by atoms with Crippen LogP contribution in [0.25, 0.3) is 17.1 Å². The van der Waals surface area contributed by atoms with Crippen LogP contribution in [-0.2, 0) is 29.0 Å². The van der Waals surface area contributed by atoms with Crippen molar-refractivity contribution in [3.05, 3.63) is 108 Å². The molecule has 1 heterocycles. The number of nitrogens with zero attached hydrogens (tertiary/aromatic N) is 1. The summed E-state index contributed by atoms with van der Waals surface area (Å²) < 4.78 is 7.68. The third kappa shape index (κ3) is 6.13. The van der Waals surface area contributed by atoms with Crippen molar-refractivity contribution >= 4 is 29.0 Å². The van der Waals surface area contributed by atoms with Gasteiger partial charge in [0, 0.05) is 30.4 Å². The number of carboxylic acid groups (broad SMARTS) is 1. The minimum Gasteiger partial charge on any atom is -0.489 e. The zero-order valence-corrected chi connectivity index (χ0v) is 18.7. The molecule has 1 aromatic heterocycles. The zero-order chi connectivity index (χ0) is 23.8. The molecule has 0 atom stereocenters. The van der Waals surface area contributed by atoms with Gasteiger partial charge in [0.2, 0.25) is 5.91 Å². The van der Waals surface area contributed by atoms with E-state index in [1.165, 1.54) is 11.8 Å². The van der Waals surface area contributed by atoms with E-state index in [1.807, 2.05) is 78.9 Å². The fourth-order valence-electron chi connectivity index (χ4n) is 3.77. The van der Waals surface area contributed by atoms with Gasteiger partial charge in [-0.1, -0.05) is 60.7 Å². The third-order valence-corrected chi connectivity index (χ3v) is 5.44. The van der Waals surface area contributed by atoms with Gasteiger partial charge in [-0.15, -0.1) is 0 Å². The lowest BCUT2D eigenvalue weighted by Crippen LogP contribution is -2.27. The maximum atomic E-state index is 12.7. The number of carbonyl (C=O) groups excluding carboxylic acids is 1. The van der Waals surface area contributed by atoms with Crippen molar-refractivity contribution in [3.63, 3.8) is 0 Å². The van der Waals surface area contributed by atoms with E-state index in [-0.39, 0.29) is 12.3 Å². The molecule has 0 fully saturated rings. The molecular formula is C28H26N2O4. The fraction of sp³-hybridized carbons (Fsp3) is 0.143. The van der Waals surface area contributed by atoms with Gasteiger partial charge in [-0.05, 0) is 41.3 Å². The number of carbonyl (C=O) groups is 2. The van der Waals surface area contributed by atoms with E-state index in [4.69, 9.17) is 9.84 Å². The molecule has 0 aliphatic carbocycles. The Labute approximate surface area is 198 Å². The van der Waals surface area contributed by atoms with E-state index < -0.39 is 5.97 Å². The Morgan fingerprint density at radius 2 is 1.65 bits per heavy atom. The standard InChI is InChI=1S/C28H26N2O4/c31-27(29-15-13-21-7-3-1-4-8-21)17-23-19-30(16-14-28(32)33)26-12-11-24(18-25(23)26)34-20-22-9-5-2-6-10-22/h1-12,14,16,18-19H,13,15,17,20H2,(H,29,31)(H,32,33)/b16-14+. The molecule has 6 nitrogen and oxygen atoms in total. The lowest BCUT2D eigenvalue weighted by molar-refractivity contribution is -0.131. The normalized spacial score (nSPS) is 11.1. The number of rotatable bonds is 10. The van der Waals surface area contributed by atoms with Crippen LogP contribution in [0.15, 0.2) is 91.1 Å². The Bertz CT molecular complexity index is 1290. The zero-order valence-electron chi connectivity index (χ0n) is 18.7. The molecule has 4 rings (SSSR count). The van der Waals surface area contributed by atoms with Crippen molar-refractivity contribution in [2.75, 3.05) is 6.54 Å². The average molecular weight is 455 g/mol. The number of amides is 1. The predicted octanol–water partition coefficient (Wildman–Crippen LogP) is 4.68. The van der Waals surface area contributed by atoms with Crippen LogP contribution in [-0.4, -0.2) is 28.1 Å². The van der Waals surface area contributed by atoms with Crippen LogP contribution in [0.1, 0.15) is 16.7 Å². The van der Waals surface area contributed by atoms with Gasteiger partial charge in [-0.3, -0.25) is 4.79 Å². The average Bonchev–Trinajstić information content (AvgIpc) is 3.19. The Balaban J connectivity index is 1.50. The molecule has 2 N–H and O–H groups in total. The van der Waals surface area contributed by atoms with Crippen LogP contribution in [0.3, 0.4) is 0 Å². The highest BCUT2D eigenvalue weighted by molar-refractivity contribution is 5.92. The summed E-state index contributed by atoms with van der Waals surface area (Å²) in [7, 11) is 0. The maximum Gasteiger partial charge on any atom is 0.329 e. The number of carboxylic acids is 1. The number of hydrogen-bond acceptors (Lipinski definition) is 3. The van der Waals surface area contributed by atoms with Crippen LogP contribution in [0, 0.1) is 0 Å². The van der Waals surface area contributed by atoms with E-state index in [2.05, 4.69) is 5.32 Å². The fourth-order valence-corrected chi connectivity index (χ4v) is 3.77. The molecule has 0 radical (unpaired) electrons. The van der Waals surface area contributed by atoms with Gasteiger partial charge in [0.25, 0.3) is 0 Å². The van der Waals surface area contributed by atoms with E-state index >= 15 is 0 Å². The van der Waals surface area contributed by atoms with E-state index in [9.17, 15) is 9.59 Å². The number of nitrogens with one attached hydrogen (secondary N) is 1. The monoisotopic (exact) mass is 454 g/mol. The van der Waals surface area contributed by atoms with Crippen molar-refractivity contribution in [1.82, 2.24) is 9.88 Å². The molecule has 0 bridgehead atoms. The van der Waals surface area contributed by atoms with E-state index in [0.29, 0.717) is 18.9 Å². The Hall–Kier alpha value is -4.32. The van der Waals surface area contributed by atoms with Crippen molar-refractivity contribution < 1.29 is 19.4 Å². The van der Waals surface area contributed by atoms with Crippen molar-refractivity contribution in [3.8, 4) is 5.75 Å². The van der Waals surface area contributed by atoms with Crippen LogP contribution in [0.2, 0.25) is 0 Å². The van der Waals surface area contributed by atoms with Crippen LogP contribution < -0.4 is 10.1 Å². The third-order valence-electron chi connectivity index (χ3n) is 5.44. The Morgan fingerprint density at radius 3 is 2.35 bits per heavy atom. The second-order valence-electron chi connectivity index (χ2n) is 7.93. The molecule has 0 unspecified atom stereocenters. The molecule has 0 aliphatic heterocycles. The van der Waals surface area contributed by atoms with Crippen molar-refractivity contribution in [2.24, 2.45) is 0 Å². The summed E-state index contributed by atoms with van der Waals surface area (Å²) in [5.74, 6) is -0.445. The molecule has 0 spiro atoms. The lowest BCUT2D eigenvalue weighted by atomic mass is 10.1. The number of benzene rings is 3. The molecule has 3 aromatic carbocycles. The first kappa shape index (κ1) is 22.9. The van der Waals surface area contributed by atoms with Gasteiger partial charge in [-0.25, -0.2) is 4.79 Å². The van der Waals surface area contributed by atoms with Gasteiger partial charge in [-0.2, -0.15) is 0 Å². The number of hydrogen-bond donors (Lipinski definition) is 2. The Morgan fingerprint density at radius 1 is 0.941 bits per heavy atom. The first-order chi connectivity index (χ1) is 16.6. The molecule has 0 aliphatic rings.